The molecule has 0 spiro atoms. The first-order chi connectivity index (χ1) is 16.4. The number of benzene rings is 2. The normalized spacial score (nSPS) is 17.2. The van der Waals surface area contributed by atoms with E-state index < -0.39 is 0 Å². The first kappa shape index (κ1) is 25.6. The molecule has 0 amide bonds. The van der Waals surface area contributed by atoms with Gasteiger partial charge in [0.2, 0.25) is 0 Å². The van der Waals surface area contributed by atoms with Crippen molar-refractivity contribution in [2.24, 2.45) is 0 Å². The minimum Gasteiger partial charge on any atom is -0.497 e. The van der Waals surface area contributed by atoms with Crippen molar-refractivity contribution in [2.45, 2.75) is 37.8 Å². The van der Waals surface area contributed by atoms with Gasteiger partial charge in [0.1, 0.15) is 23.0 Å². The smallest absolute Gasteiger partial charge is 0.171 e. The summed E-state index contributed by atoms with van der Waals surface area (Å²) >= 11 is 11.2. The van der Waals surface area contributed by atoms with Gasteiger partial charge in [-0.2, -0.15) is 0 Å². The zero-order chi connectivity index (χ0) is 24.5. The highest BCUT2D eigenvalue weighted by Gasteiger charge is 2.26. The van der Waals surface area contributed by atoms with Gasteiger partial charge in [0.15, 0.2) is 10.2 Å². The lowest BCUT2D eigenvalue weighted by atomic mass is 9.90. The molecule has 2 atom stereocenters. The predicted molar refractivity (Wildman–Crippen MR) is 144 cm³/mol. The summed E-state index contributed by atoms with van der Waals surface area (Å²) in [6, 6.07) is 11.4. The van der Waals surface area contributed by atoms with Crippen molar-refractivity contribution in [3.63, 3.8) is 0 Å². The van der Waals surface area contributed by atoms with Gasteiger partial charge >= 0.3 is 0 Å². The minimum absolute atomic E-state index is 0.126. The highest BCUT2D eigenvalue weighted by molar-refractivity contribution is 7.80. The maximum Gasteiger partial charge on any atom is 0.171 e. The fraction of sp³-hybridized carbons (Fsp3) is 0.417. The summed E-state index contributed by atoms with van der Waals surface area (Å²) < 4.78 is 21.3. The lowest BCUT2D eigenvalue weighted by molar-refractivity contribution is 0.340. The monoisotopic (exact) mass is 504 g/mol. The van der Waals surface area contributed by atoms with Crippen molar-refractivity contribution in [2.75, 3.05) is 39.1 Å². The molecule has 0 heterocycles. The second-order valence-corrected chi connectivity index (χ2v) is 8.71. The number of ether oxygens (including phenoxy) is 4. The first-order valence-electron chi connectivity index (χ1n) is 11.0. The van der Waals surface area contributed by atoms with Gasteiger partial charge in [0.25, 0.3) is 0 Å². The number of hydrogen-bond acceptors (Lipinski definition) is 6. The molecule has 1 fully saturated rings. The summed E-state index contributed by atoms with van der Waals surface area (Å²) in [7, 11) is 6.47. The molecule has 0 bridgehead atoms. The Bertz CT molecular complexity index is 881. The van der Waals surface area contributed by atoms with Crippen LogP contribution in [0, 0.1) is 0 Å². The van der Waals surface area contributed by atoms with Crippen LogP contribution in [0.15, 0.2) is 36.4 Å². The van der Waals surface area contributed by atoms with Crippen molar-refractivity contribution in [1.29, 1.82) is 0 Å². The van der Waals surface area contributed by atoms with Crippen molar-refractivity contribution in [1.82, 2.24) is 10.6 Å². The predicted octanol–water partition coefficient (Wildman–Crippen LogP) is 4.31. The van der Waals surface area contributed by atoms with Gasteiger partial charge in [-0.3, -0.25) is 0 Å². The van der Waals surface area contributed by atoms with Crippen molar-refractivity contribution >= 4 is 46.0 Å². The van der Waals surface area contributed by atoms with E-state index in [4.69, 9.17) is 43.4 Å². The van der Waals surface area contributed by atoms with E-state index in [2.05, 4.69) is 21.3 Å². The molecule has 0 aromatic heterocycles. The summed E-state index contributed by atoms with van der Waals surface area (Å²) in [4.78, 5) is 0. The van der Waals surface area contributed by atoms with Crippen LogP contribution in [0.2, 0.25) is 0 Å². The Hall–Kier alpha value is -2.98. The number of rotatable bonds is 8. The van der Waals surface area contributed by atoms with Crippen LogP contribution >= 0.6 is 24.4 Å². The van der Waals surface area contributed by atoms with E-state index in [0.29, 0.717) is 33.2 Å². The molecule has 2 aromatic carbocycles. The lowest BCUT2D eigenvalue weighted by Gasteiger charge is -2.34. The molecule has 8 nitrogen and oxygen atoms in total. The van der Waals surface area contributed by atoms with Crippen LogP contribution in [0.4, 0.5) is 11.4 Å². The third kappa shape index (κ3) is 7.26. The molecule has 10 heteroatoms. The third-order valence-electron chi connectivity index (χ3n) is 5.62. The van der Waals surface area contributed by atoms with Gasteiger partial charge in [0, 0.05) is 59.9 Å². The molecule has 2 aromatic rings. The topological polar surface area (TPSA) is 85.0 Å². The van der Waals surface area contributed by atoms with Crippen molar-refractivity contribution in [3.8, 4) is 23.0 Å². The lowest BCUT2D eigenvalue weighted by Crippen LogP contribution is -2.54. The highest BCUT2D eigenvalue weighted by Crippen LogP contribution is 2.27. The second-order valence-electron chi connectivity index (χ2n) is 7.90. The highest BCUT2D eigenvalue weighted by atomic mass is 32.1. The third-order valence-corrected chi connectivity index (χ3v) is 6.06. The summed E-state index contributed by atoms with van der Waals surface area (Å²) in [5, 5.41) is 14.4. The molecule has 4 N–H and O–H groups in total. The van der Waals surface area contributed by atoms with Crippen LogP contribution in [-0.4, -0.2) is 50.7 Å². The van der Waals surface area contributed by atoms with E-state index in [1.165, 1.54) is 0 Å². The first-order valence-corrected chi connectivity index (χ1v) is 11.9. The van der Waals surface area contributed by atoms with Crippen LogP contribution in [0.5, 0.6) is 23.0 Å². The number of methoxy groups -OCH3 is 4. The molecule has 0 saturated heterocycles. The summed E-state index contributed by atoms with van der Waals surface area (Å²) in [5.74, 6) is 2.75. The Balaban J connectivity index is 1.61. The van der Waals surface area contributed by atoms with E-state index in [1.54, 1.807) is 28.4 Å². The average molecular weight is 505 g/mol. The molecule has 1 saturated carbocycles. The van der Waals surface area contributed by atoms with E-state index in [9.17, 15) is 0 Å². The Kier molecular flexibility index (Phi) is 9.41. The molecule has 0 radical (unpaired) electrons. The van der Waals surface area contributed by atoms with Gasteiger partial charge in [-0.1, -0.05) is 12.8 Å². The van der Waals surface area contributed by atoms with Gasteiger partial charge in [-0.25, -0.2) is 0 Å². The molecule has 34 heavy (non-hydrogen) atoms. The second kappa shape index (κ2) is 12.5. The average Bonchev–Trinajstić information content (AvgIpc) is 2.84. The Labute approximate surface area is 211 Å². The Morgan fingerprint density at radius 3 is 1.24 bits per heavy atom. The Morgan fingerprint density at radius 1 is 0.618 bits per heavy atom. The standard InChI is InChI=1S/C24H32N4O4S2/c1-29-17-9-15(10-18(13-17)30-2)25-23(33)27-21-7-5-6-8-22(21)28-24(34)26-16-11-19(31-3)14-20(12-16)32-4/h9-14,21-22H,5-8H2,1-4H3,(H2,25,27,33)(H2,26,28,34). The zero-order valence-corrected chi connectivity index (χ0v) is 21.5. The molecule has 0 aliphatic heterocycles. The number of anilines is 2. The number of thiocarbonyl (C=S) groups is 2. The van der Waals surface area contributed by atoms with Crippen LogP contribution in [0.3, 0.4) is 0 Å². The largest absolute Gasteiger partial charge is 0.497 e. The van der Waals surface area contributed by atoms with Crippen LogP contribution in [0.1, 0.15) is 25.7 Å². The zero-order valence-electron chi connectivity index (χ0n) is 19.9. The molecular weight excluding hydrogens is 472 g/mol. The van der Waals surface area contributed by atoms with Gasteiger partial charge in [0.05, 0.1) is 28.4 Å². The SMILES string of the molecule is COc1cc(NC(=S)NC2CCCCC2NC(=S)Nc2cc(OC)cc(OC)c2)cc(OC)c1. The van der Waals surface area contributed by atoms with E-state index in [-0.39, 0.29) is 12.1 Å². The molecular formula is C24H32N4O4S2. The van der Waals surface area contributed by atoms with Gasteiger partial charge < -0.3 is 40.2 Å². The van der Waals surface area contributed by atoms with Crippen LogP contribution in [0.25, 0.3) is 0 Å². The molecule has 1 aliphatic carbocycles. The summed E-state index contributed by atoms with van der Waals surface area (Å²) in [5.41, 5.74) is 1.58. The van der Waals surface area contributed by atoms with Gasteiger partial charge in [-0.15, -0.1) is 0 Å². The van der Waals surface area contributed by atoms with Crippen LogP contribution < -0.4 is 40.2 Å². The van der Waals surface area contributed by atoms with E-state index in [1.807, 2.05) is 36.4 Å². The molecule has 2 unspecified atom stereocenters. The molecule has 3 rings (SSSR count). The van der Waals surface area contributed by atoms with Crippen LogP contribution in [-0.2, 0) is 0 Å². The fourth-order valence-electron chi connectivity index (χ4n) is 3.91. The Morgan fingerprint density at radius 2 is 0.941 bits per heavy atom. The molecule has 1 aliphatic rings. The van der Waals surface area contributed by atoms with E-state index >= 15 is 0 Å². The number of hydrogen-bond donors (Lipinski definition) is 4. The number of nitrogens with one attached hydrogen (secondary N) is 4. The van der Waals surface area contributed by atoms with Crippen molar-refractivity contribution < 1.29 is 18.9 Å². The maximum absolute atomic E-state index is 5.59. The maximum atomic E-state index is 5.59. The van der Waals surface area contributed by atoms with E-state index in [0.717, 1.165) is 37.1 Å². The molecule has 184 valence electrons. The summed E-state index contributed by atoms with van der Waals surface area (Å²) in [6.45, 7) is 0. The quantitative estimate of drug-likeness (QED) is 0.390. The van der Waals surface area contributed by atoms with Crippen molar-refractivity contribution in [3.05, 3.63) is 36.4 Å². The minimum atomic E-state index is 0.126. The summed E-state index contributed by atoms with van der Waals surface area (Å²) in [6.07, 6.45) is 4.21. The fourth-order valence-corrected chi connectivity index (χ4v) is 4.45. The van der Waals surface area contributed by atoms with Gasteiger partial charge in [-0.05, 0) is 37.3 Å².